The minimum Gasteiger partial charge on any atom is -0.496 e. The second-order valence-corrected chi connectivity index (χ2v) is 8.41. The Morgan fingerprint density at radius 3 is 2.76 bits per heavy atom. The van der Waals surface area contributed by atoms with Gasteiger partial charge in [0.05, 0.1) is 24.5 Å². The lowest BCUT2D eigenvalue weighted by atomic mass is 10.0. The van der Waals surface area contributed by atoms with Gasteiger partial charge in [-0.05, 0) is 12.5 Å². The largest absolute Gasteiger partial charge is 0.496 e. The molecule has 7 nitrogen and oxygen atoms in total. The molecule has 0 unspecified atom stereocenters. The van der Waals surface area contributed by atoms with Gasteiger partial charge in [-0.2, -0.15) is 0 Å². The van der Waals surface area contributed by atoms with Crippen molar-refractivity contribution in [1.82, 2.24) is 14.9 Å². The zero-order valence-corrected chi connectivity index (χ0v) is 15.0. The first-order valence-corrected chi connectivity index (χ1v) is 9.84. The third kappa shape index (κ3) is 3.68. The minimum absolute atomic E-state index is 0.0623. The van der Waals surface area contributed by atoms with E-state index in [2.05, 4.69) is 10.3 Å². The van der Waals surface area contributed by atoms with Gasteiger partial charge in [-0.15, -0.1) is 0 Å². The number of para-hydroxylation sites is 1. The lowest BCUT2D eigenvalue weighted by Gasteiger charge is -2.22. The van der Waals surface area contributed by atoms with Crippen LogP contribution < -0.4 is 10.1 Å². The Bertz CT molecular complexity index is 876. The summed E-state index contributed by atoms with van der Waals surface area (Å²) >= 11 is 0. The molecule has 134 valence electrons. The fraction of sp³-hybridized carbons (Fsp3) is 0.412. The number of rotatable bonds is 5. The summed E-state index contributed by atoms with van der Waals surface area (Å²) in [6.07, 6.45) is 3.81. The van der Waals surface area contributed by atoms with Crippen LogP contribution >= 0.6 is 0 Å². The summed E-state index contributed by atoms with van der Waals surface area (Å²) in [4.78, 5) is 17.0. The van der Waals surface area contributed by atoms with Gasteiger partial charge in [-0.25, -0.2) is 13.4 Å². The van der Waals surface area contributed by atoms with E-state index in [4.69, 9.17) is 4.74 Å². The van der Waals surface area contributed by atoms with E-state index in [-0.39, 0.29) is 17.4 Å². The highest BCUT2D eigenvalue weighted by molar-refractivity contribution is 7.91. The molecule has 1 fully saturated rings. The highest BCUT2D eigenvalue weighted by Crippen LogP contribution is 2.30. The Morgan fingerprint density at radius 1 is 1.40 bits per heavy atom. The summed E-state index contributed by atoms with van der Waals surface area (Å²) in [5, 5.41) is 2.96. The molecule has 0 radical (unpaired) electrons. The van der Waals surface area contributed by atoms with Crippen molar-refractivity contribution < 1.29 is 17.9 Å². The number of methoxy groups -OCH3 is 1. The first kappa shape index (κ1) is 17.5. The third-order valence-electron chi connectivity index (χ3n) is 4.46. The number of benzene rings is 1. The second-order valence-electron chi connectivity index (χ2n) is 6.18. The third-order valence-corrected chi connectivity index (χ3v) is 6.22. The van der Waals surface area contributed by atoms with Crippen molar-refractivity contribution in [3.63, 3.8) is 0 Å². The molecule has 8 heteroatoms. The van der Waals surface area contributed by atoms with E-state index < -0.39 is 21.8 Å². The molecule has 2 atom stereocenters. The molecule has 0 saturated carbocycles. The first-order valence-electron chi connectivity index (χ1n) is 8.02. The fourth-order valence-electron chi connectivity index (χ4n) is 3.10. The van der Waals surface area contributed by atoms with Crippen molar-refractivity contribution in [2.24, 2.45) is 13.0 Å². The highest BCUT2D eigenvalue weighted by Gasteiger charge is 2.35. The van der Waals surface area contributed by atoms with Crippen LogP contribution in [0.5, 0.6) is 5.75 Å². The van der Waals surface area contributed by atoms with Gasteiger partial charge in [0.25, 0.3) is 0 Å². The van der Waals surface area contributed by atoms with Gasteiger partial charge in [-0.3, -0.25) is 4.79 Å². The smallest absolute Gasteiger partial charge is 0.225 e. The van der Waals surface area contributed by atoms with Crippen LogP contribution in [0.1, 0.15) is 23.9 Å². The van der Waals surface area contributed by atoms with Crippen molar-refractivity contribution in [2.75, 3.05) is 18.6 Å². The van der Waals surface area contributed by atoms with Crippen LogP contribution in [0.15, 0.2) is 36.7 Å². The number of hydrogen-bond acceptors (Lipinski definition) is 5. The van der Waals surface area contributed by atoms with Gasteiger partial charge in [0.1, 0.15) is 17.6 Å². The van der Waals surface area contributed by atoms with Crippen LogP contribution in [0.4, 0.5) is 0 Å². The number of ether oxygens (including phenoxy) is 1. The van der Waals surface area contributed by atoms with Crippen molar-refractivity contribution in [2.45, 2.75) is 12.5 Å². The lowest BCUT2D eigenvalue weighted by Crippen LogP contribution is -2.36. The van der Waals surface area contributed by atoms with E-state index in [0.29, 0.717) is 18.0 Å². The second kappa shape index (κ2) is 6.87. The molecular weight excluding hydrogens is 342 g/mol. The summed E-state index contributed by atoms with van der Waals surface area (Å²) < 4.78 is 30.6. The highest BCUT2D eigenvalue weighted by atomic mass is 32.2. The fourth-order valence-corrected chi connectivity index (χ4v) is 4.84. The first-order chi connectivity index (χ1) is 11.9. The van der Waals surface area contributed by atoms with Gasteiger partial charge >= 0.3 is 0 Å². The van der Waals surface area contributed by atoms with E-state index in [1.165, 1.54) is 0 Å². The predicted octanol–water partition coefficient (Wildman–Crippen LogP) is 1.07. The van der Waals surface area contributed by atoms with E-state index in [0.717, 1.165) is 5.56 Å². The monoisotopic (exact) mass is 363 g/mol. The van der Waals surface area contributed by atoms with Crippen LogP contribution in [0.3, 0.4) is 0 Å². The van der Waals surface area contributed by atoms with E-state index >= 15 is 0 Å². The topological polar surface area (TPSA) is 90.3 Å². The Labute approximate surface area is 146 Å². The predicted molar refractivity (Wildman–Crippen MR) is 92.9 cm³/mol. The Hall–Kier alpha value is -2.35. The number of sulfone groups is 1. The average Bonchev–Trinajstić information content (AvgIpc) is 3.17. The molecule has 2 aromatic rings. The van der Waals surface area contributed by atoms with E-state index in [1.807, 2.05) is 35.9 Å². The Kier molecular flexibility index (Phi) is 4.80. The zero-order chi connectivity index (χ0) is 18.0. The standard InChI is InChI=1S/C17H21N3O4S/c1-20-9-8-18-16(20)15(13-5-3-4-6-14(13)24-2)19-17(21)12-7-10-25(22,23)11-12/h3-6,8-9,12,15H,7,10-11H2,1-2H3,(H,19,21)/t12-,15+/m1/s1. The molecular formula is C17H21N3O4S. The van der Waals surface area contributed by atoms with Crippen molar-refractivity contribution in [1.29, 1.82) is 0 Å². The SMILES string of the molecule is COc1ccccc1[C@H](NC(=O)[C@@H]1CCS(=O)(=O)C1)c1nccn1C. The molecule has 0 spiro atoms. The van der Waals surface area contributed by atoms with Crippen LogP contribution in [0.25, 0.3) is 0 Å². The van der Waals surface area contributed by atoms with Crippen LogP contribution in [0.2, 0.25) is 0 Å². The molecule has 0 aliphatic carbocycles. The zero-order valence-electron chi connectivity index (χ0n) is 14.2. The number of carbonyl (C=O) groups is 1. The van der Waals surface area contributed by atoms with Gasteiger partial charge in [0.15, 0.2) is 9.84 Å². The molecule has 1 amide bonds. The van der Waals surface area contributed by atoms with Crippen molar-refractivity contribution in [3.05, 3.63) is 48.0 Å². The summed E-state index contributed by atoms with van der Waals surface area (Å²) in [5.41, 5.74) is 0.772. The average molecular weight is 363 g/mol. The summed E-state index contributed by atoms with van der Waals surface area (Å²) in [6, 6.07) is 6.87. The van der Waals surface area contributed by atoms with Gasteiger partial charge in [-0.1, -0.05) is 18.2 Å². The molecule has 0 bridgehead atoms. The molecule has 1 aliphatic rings. The molecule has 1 aliphatic heterocycles. The molecule has 25 heavy (non-hydrogen) atoms. The van der Waals surface area contributed by atoms with E-state index in [1.54, 1.807) is 19.5 Å². The number of aromatic nitrogens is 2. The van der Waals surface area contributed by atoms with E-state index in [9.17, 15) is 13.2 Å². The molecule has 1 aromatic heterocycles. The summed E-state index contributed by atoms with van der Waals surface area (Å²) in [6.45, 7) is 0. The number of hydrogen-bond donors (Lipinski definition) is 1. The van der Waals surface area contributed by atoms with Crippen molar-refractivity contribution >= 4 is 15.7 Å². The number of nitrogens with one attached hydrogen (secondary N) is 1. The molecule has 1 saturated heterocycles. The summed E-state index contributed by atoms with van der Waals surface area (Å²) in [7, 11) is 0.291. The maximum absolute atomic E-state index is 12.7. The van der Waals surface area contributed by atoms with Crippen LogP contribution in [0, 0.1) is 5.92 Å². The number of carbonyl (C=O) groups excluding carboxylic acids is 1. The maximum Gasteiger partial charge on any atom is 0.225 e. The molecule has 2 heterocycles. The van der Waals surface area contributed by atoms with Crippen LogP contribution in [-0.4, -0.2) is 42.5 Å². The minimum atomic E-state index is -3.12. The Morgan fingerprint density at radius 2 is 2.16 bits per heavy atom. The quantitative estimate of drug-likeness (QED) is 0.858. The number of amides is 1. The molecule has 1 N–H and O–H groups in total. The summed E-state index contributed by atoms with van der Waals surface area (Å²) in [5.74, 6) is 0.446. The van der Waals surface area contributed by atoms with Gasteiger partial charge in [0.2, 0.25) is 5.91 Å². The maximum atomic E-state index is 12.7. The van der Waals surface area contributed by atoms with Gasteiger partial charge in [0, 0.05) is 25.0 Å². The lowest BCUT2D eigenvalue weighted by molar-refractivity contribution is -0.124. The molecule has 3 rings (SSSR count). The molecule has 1 aromatic carbocycles. The number of nitrogens with zero attached hydrogens (tertiary/aromatic N) is 2. The van der Waals surface area contributed by atoms with Crippen molar-refractivity contribution in [3.8, 4) is 5.75 Å². The van der Waals surface area contributed by atoms with Gasteiger partial charge < -0.3 is 14.6 Å². The normalized spacial score (nSPS) is 20.2. The van der Waals surface area contributed by atoms with Crippen LogP contribution in [-0.2, 0) is 21.7 Å². The number of imidazole rings is 1. The number of aryl methyl sites for hydroxylation is 1. The Balaban J connectivity index is 1.93.